The van der Waals surface area contributed by atoms with Crippen molar-refractivity contribution in [3.05, 3.63) is 82.6 Å². The molecule has 1 aliphatic heterocycles. The van der Waals surface area contributed by atoms with Crippen LogP contribution in [-0.4, -0.2) is 28.5 Å². The molecule has 2 aromatic carbocycles. The lowest BCUT2D eigenvalue weighted by Crippen LogP contribution is -2.31. The van der Waals surface area contributed by atoms with Crippen LogP contribution in [0, 0.1) is 0 Å². The molecule has 1 unspecified atom stereocenters. The van der Waals surface area contributed by atoms with Crippen molar-refractivity contribution in [2.75, 3.05) is 13.6 Å². The Hall–Kier alpha value is -2.77. The van der Waals surface area contributed by atoms with E-state index < -0.39 is 11.7 Å². The number of rotatable bonds is 2. The molecule has 7 heteroatoms. The number of alkyl halides is 3. The topological polar surface area (TPSA) is 29.0 Å². The quantitative estimate of drug-likeness (QED) is 0.397. The molecular weight excluding hydrogens is 407 g/mol. The average molecular weight is 425 g/mol. The first-order valence-corrected chi connectivity index (χ1v) is 10.4. The van der Waals surface area contributed by atoms with E-state index in [2.05, 4.69) is 34.0 Å². The van der Waals surface area contributed by atoms with E-state index >= 15 is 0 Å². The van der Waals surface area contributed by atoms with Gasteiger partial charge in [-0.2, -0.15) is 13.2 Å². The van der Waals surface area contributed by atoms with Gasteiger partial charge in [-0.25, -0.2) is 0 Å². The second-order valence-electron chi connectivity index (χ2n) is 7.66. The molecule has 0 radical (unpaired) electrons. The van der Waals surface area contributed by atoms with Crippen LogP contribution in [0.5, 0.6) is 0 Å². The fraction of sp³-hybridized carbons (Fsp3) is 0.217. The van der Waals surface area contributed by atoms with Crippen LogP contribution in [0.1, 0.15) is 28.2 Å². The Bertz CT molecular complexity index is 1220. The summed E-state index contributed by atoms with van der Waals surface area (Å²) in [6, 6.07) is 11.7. The SMILES string of the molecule is CN1Cc2cc(-c3cnccn3)ccc2C(c2ccc3c(C(F)(F)F)csc3c2)C1. The zero-order valence-electron chi connectivity index (χ0n) is 16.1. The highest BCUT2D eigenvalue weighted by atomic mass is 32.1. The molecule has 0 fully saturated rings. The van der Waals surface area contributed by atoms with Crippen LogP contribution in [-0.2, 0) is 12.7 Å². The number of benzene rings is 2. The number of thiophene rings is 1. The highest BCUT2D eigenvalue weighted by Gasteiger charge is 2.34. The van der Waals surface area contributed by atoms with Gasteiger partial charge in [0.05, 0.1) is 17.5 Å². The zero-order valence-corrected chi connectivity index (χ0v) is 17.0. The maximum atomic E-state index is 13.2. The highest BCUT2D eigenvalue weighted by molar-refractivity contribution is 7.17. The van der Waals surface area contributed by atoms with Gasteiger partial charge in [0.1, 0.15) is 0 Å². The Morgan fingerprint density at radius 2 is 1.97 bits per heavy atom. The first-order chi connectivity index (χ1) is 14.4. The van der Waals surface area contributed by atoms with Crippen molar-refractivity contribution in [3.63, 3.8) is 0 Å². The molecule has 0 N–H and O–H groups in total. The monoisotopic (exact) mass is 425 g/mol. The number of halogens is 3. The highest BCUT2D eigenvalue weighted by Crippen LogP contribution is 2.41. The summed E-state index contributed by atoms with van der Waals surface area (Å²) in [6.07, 6.45) is 0.745. The van der Waals surface area contributed by atoms with E-state index in [1.165, 1.54) is 16.5 Å². The lowest BCUT2D eigenvalue weighted by atomic mass is 9.83. The van der Waals surface area contributed by atoms with Crippen LogP contribution in [0.4, 0.5) is 13.2 Å². The van der Waals surface area contributed by atoms with Crippen molar-refractivity contribution in [1.29, 1.82) is 0 Å². The van der Waals surface area contributed by atoms with Gasteiger partial charge in [0.2, 0.25) is 0 Å². The summed E-state index contributed by atoms with van der Waals surface area (Å²) in [7, 11) is 2.07. The van der Waals surface area contributed by atoms with Gasteiger partial charge in [-0.3, -0.25) is 9.97 Å². The van der Waals surface area contributed by atoms with E-state index in [9.17, 15) is 13.2 Å². The summed E-state index contributed by atoms with van der Waals surface area (Å²) in [5, 5.41) is 1.49. The van der Waals surface area contributed by atoms with Crippen LogP contribution in [0.15, 0.2) is 60.4 Å². The number of fused-ring (bicyclic) bond motifs is 2. The Kier molecular flexibility index (Phi) is 4.60. The number of aromatic nitrogens is 2. The van der Waals surface area contributed by atoms with Crippen LogP contribution < -0.4 is 0 Å². The molecule has 0 amide bonds. The number of hydrogen-bond acceptors (Lipinski definition) is 4. The Morgan fingerprint density at radius 3 is 2.73 bits per heavy atom. The second kappa shape index (κ2) is 7.18. The van der Waals surface area contributed by atoms with Gasteiger partial charge in [0.25, 0.3) is 0 Å². The third-order valence-electron chi connectivity index (χ3n) is 5.62. The maximum absolute atomic E-state index is 13.2. The second-order valence-corrected chi connectivity index (χ2v) is 8.57. The summed E-state index contributed by atoms with van der Waals surface area (Å²) >= 11 is 1.15. The Balaban J connectivity index is 1.56. The van der Waals surface area contributed by atoms with E-state index in [1.807, 2.05) is 18.2 Å². The molecule has 4 aromatic rings. The predicted molar refractivity (Wildman–Crippen MR) is 112 cm³/mol. The van der Waals surface area contributed by atoms with Crippen LogP contribution in [0.3, 0.4) is 0 Å². The number of hydrogen-bond donors (Lipinski definition) is 0. The Labute approximate surface area is 175 Å². The molecule has 0 saturated heterocycles. The van der Waals surface area contributed by atoms with Crippen molar-refractivity contribution >= 4 is 21.4 Å². The molecule has 152 valence electrons. The van der Waals surface area contributed by atoms with E-state index in [0.29, 0.717) is 4.70 Å². The molecule has 0 saturated carbocycles. The summed E-state index contributed by atoms with van der Waals surface area (Å²) in [5.41, 5.74) is 4.75. The molecule has 2 aromatic heterocycles. The molecule has 3 nitrogen and oxygen atoms in total. The lowest BCUT2D eigenvalue weighted by molar-refractivity contribution is -0.136. The minimum absolute atomic E-state index is 0.107. The van der Waals surface area contributed by atoms with Crippen molar-refractivity contribution in [2.24, 2.45) is 0 Å². The first-order valence-electron chi connectivity index (χ1n) is 9.56. The fourth-order valence-corrected chi connectivity index (χ4v) is 5.24. The third-order valence-corrected chi connectivity index (χ3v) is 6.56. The fourth-order valence-electron chi connectivity index (χ4n) is 4.22. The summed E-state index contributed by atoms with van der Waals surface area (Å²) < 4.78 is 40.3. The molecule has 0 spiro atoms. The van der Waals surface area contributed by atoms with Crippen molar-refractivity contribution < 1.29 is 13.2 Å². The summed E-state index contributed by atoms with van der Waals surface area (Å²) in [4.78, 5) is 10.8. The molecule has 5 rings (SSSR count). The van der Waals surface area contributed by atoms with Gasteiger partial charge >= 0.3 is 6.18 Å². The molecule has 0 aliphatic carbocycles. The number of nitrogens with zero attached hydrogens (tertiary/aromatic N) is 3. The van der Waals surface area contributed by atoms with E-state index in [0.717, 1.165) is 41.2 Å². The van der Waals surface area contributed by atoms with Crippen molar-refractivity contribution in [1.82, 2.24) is 14.9 Å². The molecule has 1 atom stereocenters. The standard InChI is InChI=1S/C23H18F3N3S/c1-29-11-16-8-15(21-10-27-6-7-28-21)3-4-17(16)19(12-29)14-2-5-18-20(23(24,25)26)13-30-22(18)9-14/h2-10,13,19H,11-12H2,1H3. The van der Waals surface area contributed by atoms with Gasteiger partial charge in [0.15, 0.2) is 0 Å². The van der Waals surface area contributed by atoms with Crippen LogP contribution >= 0.6 is 11.3 Å². The van der Waals surface area contributed by atoms with Gasteiger partial charge in [-0.15, -0.1) is 11.3 Å². The van der Waals surface area contributed by atoms with Gasteiger partial charge < -0.3 is 4.90 Å². The molecular formula is C23H18F3N3S. The molecule has 3 heterocycles. The minimum Gasteiger partial charge on any atom is -0.301 e. The van der Waals surface area contributed by atoms with E-state index in [1.54, 1.807) is 24.7 Å². The van der Waals surface area contributed by atoms with E-state index in [-0.39, 0.29) is 11.3 Å². The average Bonchev–Trinajstić information content (AvgIpc) is 3.17. The maximum Gasteiger partial charge on any atom is 0.417 e. The Morgan fingerprint density at radius 1 is 1.10 bits per heavy atom. The summed E-state index contributed by atoms with van der Waals surface area (Å²) in [6.45, 7) is 1.64. The molecule has 1 aliphatic rings. The van der Waals surface area contributed by atoms with Crippen molar-refractivity contribution in [3.8, 4) is 11.3 Å². The largest absolute Gasteiger partial charge is 0.417 e. The predicted octanol–water partition coefficient (Wildman–Crippen LogP) is 5.95. The van der Waals surface area contributed by atoms with Crippen LogP contribution in [0.25, 0.3) is 21.3 Å². The molecule has 30 heavy (non-hydrogen) atoms. The normalized spacial score (nSPS) is 17.3. The zero-order chi connectivity index (χ0) is 20.9. The van der Waals surface area contributed by atoms with Gasteiger partial charge in [0, 0.05) is 52.4 Å². The number of likely N-dealkylation sites (N-methyl/N-ethyl adjacent to an activating group) is 1. The first kappa shape index (κ1) is 19.2. The molecule has 0 bridgehead atoms. The van der Waals surface area contributed by atoms with Crippen molar-refractivity contribution in [2.45, 2.75) is 18.6 Å². The summed E-state index contributed by atoms with van der Waals surface area (Å²) in [5.74, 6) is 0.107. The minimum atomic E-state index is -4.33. The van der Waals surface area contributed by atoms with Gasteiger partial charge in [-0.05, 0) is 35.9 Å². The lowest BCUT2D eigenvalue weighted by Gasteiger charge is -2.33. The van der Waals surface area contributed by atoms with Gasteiger partial charge in [-0.1, -0.05) is 24.3 Å². The third kappa shape index (κ3) is 3.38. The smallest absolute Gasteiger partial charge is 0.301 e. The van der Waals surface area contributed by atoms with Crippen LogP contribution in [0.2, 0.25) is 0 Å². The van der Waals surface area contributed by atoms with E-state index in [4.69, 9.17) is 0 Å².